The second kappa shape index (κ2) is 4.64. The van der Waals surface area contributed by atoms with Crippen molar-refractivity contribution >= 4 is 5.71 Å². The van der Waals surface area contributed by atoms with Crippen LogP contribution in [-0.4, -0.2) is 20.7 Å². The topological polar surface area (TPSA) is 50.4 Å². The van der Waals surface area contributed by atoms with E-state index in [1.165, 1.54) is 11.3 Å². The quantitative estimate of drug-likeness (QED) is 0.648. The Morgan fingerprint density at radius 3 is 2.83 bits per heavy atom. The molecule has 4 heteroatoms. The molecular weight excluding hydrogens is 226 g/mol. The van der Waals surface area contributed by atoms with Crippen LogP contribution in [0.15, 0.2) is 41.7 Å². The lowest BCUT2D eigenvalue weighted by molar-refractivity contribution is 0.317. The Morgan fingerprint density at radius 2 is 2.06 bits per heavy atom. The van der Waals surface area contributed by atoms with E-state index in [4.69, 9.17) is 5.21 Å². The third-order valence-corrected chi connectivity index (χ3v) is 3.38. The molecule has 92 valence electrons. The summed E-state index contributed by atoms with van der Waals surface area (Å²) >= 11 is 0. The second-order valence-electron chi connectivity index (χ2n) is 4.55. The van der Waals surface area contributed by atoms with Crippen molar-refractivity contribution in [2.45, 2.75) is 25.8 Å². The molecule has 0 atom stereocenters. The molecule has 0 fully saturated rings. The van der Waals surface area contributed by atoms with Gasteiger partial charge in [-0.05, 0) is 24.8 Å². The van der Waals surface area contributed by atoms with Crippen molar-refractivity contribution in [2.24, 2.45) is 5.16 Å². The Labute approximate surface area is 106 Å². The molecule has 0 saturated carbocycles. The van der Waals surface area contributed by atoms with Crippen LogP contribution in [0.5, 0.6) is 0 Å². The van der Waals surface area contributed by atoms with Gasteiger partial charge in [-0.1, -0.05) is 35.5 Å². The smallest absolute Gasteiger partial charge is 0.0902 e. The number of fused-ring (bicyclic) bond motifs is 1. The Morgan fingerprint density at radius 1 is 1.22 bits per heavy atom. The molecule has 0 spiro atoms. The number of oxime groups is 1. The first kappa shape index (κ1) is 11.0. The van der Waals surface area contributed by atoms with E-state index in [1.54, 1.807) is 0 Å². The Kier molecular flexibility index (Phi) is 2.84. The third kappa shape index (κ3) is 1.90. The Hall–Kier alpha value is -2.10. The fraction of sp³-hybridized carbons (Fsp3) is 0.286. The summed E-state index contributed by atoms with van der Waals surface area (Å²) in [4.78, 5) is 0. The fourth-order valence-electron chi connectivity index (χ4n) is 2.47. The predicted octanol–water partition coefficient (Wildman–Crippen LogP) is 2.45. The van der Waals surface area contributed by atoms with Gasteiger partial charge in [-0.3, -0.25) is 4.68 Å². The molecule has 0 radical (unpaired) electrons. The highest BCUT2D eigenvalue weighted by atomic mass is 16.4. The lowest BCUT2D eigenvalue weighted by Gasteiger charge is -2.14. The minimum atomic E-state index is 0.760. The highest BCUT2D eigenvalue weighted by molar-refractivity contribution is 6.01. The standard InChI is InChI=1S/C14H15N3O/c18-16-13-7-4-8-14-12(13)9-15-17(14)10-11-5-2-1-3-6-11/h1-3,5-6,9,18H,4,7-8,10H2/b16-13+. The van der Waals surface area contributed by atoms with Gasteiger partial charge in [-0.25, -0.2) is 0 Å². The van der Waals surface area contributed by atoms with E-state index in [0.29, 0.717) is 0 Å². The van der Waals surface area contributed by atoms with Crippen molar-refractivity contribution in [1.82, 2.24) is 9.78 Å². The van der Waals surface area contributed by atoms with E-state index in [1.807, 2.05) is 29.1 Å². The van der Waals surface area contributed by atoms with Crippen molar-refractivity contribution < 1.29 is 5.21 Å². The number of rotatable bonds is 2. The first-order chi connectivity index (χ1) is 8.88. The number of aromatic nitrogens is 2. The molecule has 1 aromatic heterocycles. The molecule has 1 aliphatic carbocycles. The average Bonchev–Trinajstić information content (AvgIpc) is 2.83. The van der Waals surface area contributed by atoms with Gasteiger partial charge in [0.2, 0.25) is 0 Å². The predicted molar refractivity (Wildman–Crippen MR) is 69.0 cm³/mol. The number of benzene rings is 1. The SMILES string of the molecule is O/N=C1\CCCc2c1cnn2Cc1ccccc1. The molecular formula is C14H15N3O. The molecule has 4 nitrogen and oxygen atoms in total. The molecule has 0 aliphatic heterocycles. The van der Waals surface area contributed by atoms with Crippen LogP contribution in [0.2, 0.25) is 0 Å². The second-order valence-corrected chi connectivity index (χ2v) is 4.55. The molecule has 1 heterocycles. The molecule has 0 unspecified atom stereocenters. The van der Waals surface area contributed by atoms with E-state index in [0.717, 1.165) is 37.1 Å². The van der Waals surface area contributed by atoms with Gasteiger partial charge in [0.15, 0.2) is 0 Å². The van der Waals surface area contributed by atoms with E-state index in [-0.39, 0.29) is 0 Å². The third-order valence-electron chi connectivity index (χ3n) is 3.38. The molecule has 18 heavy (non-hydrogen) atoms. The zero-order valence-corrected chi connectivity index (χ0v) is 10.1. The maximum Gasteiger partial charge on any atom is 0.0902 e. The van der Waals surface area contributed by atoms with Crippen LogP contribution in [-0.2, 0) is 13.0 Å². The maximum atomic E-state index is 8.99. The van der Waals surface area contributed by atoms with Gasteiger partial charge in [0.25, 0.3) is 0 Å². The van der Waals surface area contributed by atoms with Crippen LogP contribution < -0.4 is 0 Å². The highest BCUT2D eigenvalue weighted by Gasteiger charge is 2.20. The molecule has 0 saturated heterocycles. The monoisotopic (exact) mass is 241 g/mol. The van der Waals surface area contributed by atoms with Gasteiger partial charge in [-0.15, -0.1) is 0 Å². The van der Waals surface area contributed by atoms with Crippen molar-refractivity contribution in [1.29, 1.82) is 0 Å². The van der Waals surface area contributed by atoms with Crippen molar-refractivity contribution in [3.8, 4) is 0 Å². The van der Waals surface area contributed by atoms with Gasteiger partial charge in [0.05, 0.1) is 18.5 Å². The molecule has 1 aliphatic rings. The van der Waals surface area contributed by atoms with Gasteiger partial charge < -0.3 is 5.21 Å². The number of hydrogen-bond acceptors (Lipinski definition) is 3. The van der Waals surface area contributed by atoms with Crippen LogP contribution in [0.3, 0.4) is 0 Å². The first-order valence-electron chi connectivity index (χ1n) is 6.18. The van der Waals surface area contributed by atoms with Crippen LogP contribution >= 0.6 is 0 Å². The van der Waals surface area contributed by atoms with E-state index < -0.39 is 0 Å². The van der Waals surface area contributed by atoms with Crippen LogP contribution in [0.1, 0.15) is 29.7 Å². The lowest BCUT2D eigenvalue weighted by Crippen LogP contribution is -2.15. The summed E-state index contributed by atoms with van der Waals surface area (Å²) in [5.41, 5.74) is 4.17. The molecule has 0 amide bonds. The molecule has 3 rings (SSSR count). The van der Waals surface area contributed by atoms with E-state index in [2.05, 4.69) is 22.4 Å². The van der Waals surface area contributed by atoms with E-state index >= 15 is 0 Å². The zero-order valence-electron chi connectivity index (χ0n) is 10.1. The minimum absolute atomic E-state index is 0.760. The van der Waals surface area contributed by atoms with Gasteiger partial charge in [0.1, 0.15) is 0 Å². The summed E-state index contributed by atoms with van der Waals surface area (Å²) in [6.45, 7) is 0.773. The highest BCUT2D eigenvalue weighted by Crippen LogP contribution is 2.22. The van der Waals surface area contributed by atoms with Crippen molar-refractivity contribution in [3.05, 3.63) is 53.3 Å². The summed E-state index contributed by atoms with van der Waals surface area (Å²) in [5, 5.41) is 16.8. The fourth-order valence-corrected chi connectivity index (χ4v) is 2.47. The Bertz CT molecular complexity index is 572. The van der Waals surface area contributed by atoms with Gasteiger partial charge >= 0.3 is 0 Å². The van der Waals surface area contributed by atoms with Crippen LogP contribution in [0, 0.1) is 0 Å². The zero-order chi connectivity index (χ0) is 12.4. The van der Waals surface area contributed by atoms with Gasteiger partial charge in [-0.2, -0.15) is 5.10 Å². The molecule has 0 bridgehead atoms. The average molecular weight is 241 g/mol. The van der Waals surface area contributed by atoms with Gasteiger partial charge in [0, 0.05) is 11.3 Å². The summed E-state index contributed by atoms with van der Waals surface area (Å²) in [6, 6.07) is 10.3. The largest absolute Gasteiger partial charge is 0.411 e. The molecule has 1 N–H and O–H groups in total. The van der Waals surface area contributed by atoms with Crippen LogP contribution in [0.25, 0.3) is 0 Å². The minimum Gasteiger partial charge on any atom is -0.411 e. The normalized spacial score (nSPS) is 16.8. The number of hydrogen-bond donors (Lipinski definition) is 1. The van der Waals surface area contributed by atoms with Crippen LogP contribution in [0.4, 0.5) is 0 Å². The lowest BCUT2D eigenvalue weighted by atomic mass is 9.96. The summed E-state index contributed by atoms with van der Waals surface area (Å²) in [6.07, 6.45) is 4.67. The Balaban J connectivity index is 1.93. The van der Waals surface area contributed by atoms with Crippen molar-refractivity contribution in [2.75, 3.05) is 0 Å². The summed E-state index contributed by atoms with van der Waals surface area (Å²) in [5.74, 6) is 0. The molecule has 2 aromatic rings. The van der Waals surface area contributed by atoms with E-state index in [9.17, 15) is 0 Å². The van der Waals surface area contributed by atoms with Crippen molar-refractivity contribution in [3.63, 3.8) is 0 Å². The first-order valence-corrected chi connectivity index (χ1v) is 6.18. The summed E-state index contributed by atoms with van der Waals surface area (Å²) < 4.78 is 2.01. The molecule has 1 aromatic carbocycles. The maximum absolute atomic E-state index is 8.99. The summed E-state index contributed by atoms with van der Waals surface area (Å²) in [7, 11) is 0. The number of nitrogens with zero attached hydrogens (tertiary/aromatic N) is 3.